The van der Waals surface area contributed by atoms with Crippen LogP contribution >= 0.6 is 23.2 Å². The lowest BCUT2D eigenvalue weighted by molar-refractivity contribution is 0.249. The van der Waals surface area contributed by atoms with Crippen molar-refractivity contribution in [3.8, 4) is 0 Å². The maximum absolute atomic E-state index is 10.4. The molecular weight excluding hydrogens is 261 g/mol. The summed E-state index contributed by atoms with van der Waals surface area (Å²) >= 11 is 11.6. The number of carbonyl (C=O) groups excluding carboxylic acids is 1. The van der Waals surface area contributed by atoms with Crippen molar-refractivity contribution in [1.82, 2.24) is 5.43 Å². The first-order valence-electron chi connectivity index (χ1n) is 4.72. The van der Waals surface area contributed by atoms with Crippen molar-refractivity contribution in [3.63, 3.8) is 0 Å². The second-order valence-corrected chi connectivity index (χ2v) is 4.05. The van der Waals surface area contributed by atoms with Crippen LogP contribution in [0.5, 0.6) is 0 Å². The Morgan fingerprint density at radius 2 is 2.12 bits per heavy atom. The molecule has 0 fully saturated rings. The molecule has 1 aromatic carbocycles. The van der Waals surface area contributed by atoms with Gasteiger partial charge in [0.1, 0.15) is 0 Å². The summed E-state index contributed by atoms with van der Waals surface area (Å²) in [6, 6.07) is 4.55. The van der Waals surface area contributed by atoms with E-state index in [1.54, 1.807) is 31.2 Å². The van der Waals surface area contributed by atoms with Crippen LogP contribution in [0.2, 0.25) is 10.0 Å². The second-order valence-electron chi connectivity index (χ2n) is 3.24. The highest BCUT2D eigenvalue weighted by Crippen LogP contribution is 2.23. The van der Waals surface area contributed by atoms with Crippen molar-refractivity contribution in [2.75, 3.05) is 0 Å². The molecular formula is C11H11Cl2N3O. The van der Waals surface area contributed by atoms with Gasteiger partial charge in [0, 0.05) is 0 Å². The Balaban J connectivity index is 2.73. The zero-order valence-electron chi connectivity index (χ0n) is 9.08. The van der Waals surface area contributed by atoms with E-state index in [-0.39, 0.29) is 0 Å². The summed E-state index contributed by atoms with van der Waals surface area (Å²) in [4.78, 5) is 10.4. The van der Waals surface area contributed by atoms with Crippen LogP contribution in [0.25, 0.3) is 6.08 Å². The predicted molar refractivity (Wildman–Crippen MR) is 71.3 cm³/mol. The van der Waals surface area contributed by atoms with Crippen LogP contribution in [0.4, 0.5) is 4.79 Å². The molecule has 6 heteroatoms. The number of amides is 2. The summed E-state index contributed by atoms with van der Waals surface area (Å²) in [6.45, 7) is 1.73. The summed E-state index contributed by atoms with van der Waals surface area (Å²) in [5.74, 6) is 0. The Labute approximate surface area is 109 Å². The number of hydrogen-bond acceptors (Lipinski definition) is 2. The Morgan fingerprint density at radius 3 is 2.71 bits per heavy atom. The number of rotatable bonds is 3. The van der Waals surface area contributed by atoms with Crippen molar-refractivity contribution in [3.05, 3.63) is 39.9 Å². The maximum atomic E-state index is 10.4. The lowest BCUT2D eigenvalue weighted by Gasteiger charge is -1.98. The molecule has 0 aliphatic carbocycles. The van der Waals surface area contributed by atoms with Gasteiger partial charge in [0.2, 0.25) is 0 Å². The third-order valence-corrected chi connectivity index (χ3v) is 2.54. The van der Waals surface area contributed by atoms with Gasteiger partial charge in [-0.05, 0) is 30.7 Å². The highest BCUT2D eigenvalue weighted by molar-refractivity contribution is 6.42. The van der Waals surface area contributed by atoms with E-state index in [9.17, 15) is 4.79 Å². The van der Waals surface area contributed by atoms with Gasteiger partial charge < -0.3 is 5.73 Å². The number of hydrazone groups is 1. The molecule has 17 heavy (non-hydrogen) atoms. The minimum absolute atomic E-state index is 0.485. The summed E-state index contributed by atoms with van der Waals surface area (Å²) < 4.78 is 0. The number of primary amides is 1. The van der Waals surface area contributed by atoms with Gasteiger partial charge in [-0.25, -0.2) is 10.2 Å². The second kappa shape index (κ2) is 6.27. The first-order chi connectivity index (χ1) is 7.99. The summed E-state index contributed by atoms with van der Waals surface area (Å²) in [6.07, 6.45) is 3.51. The molecule has 2 amide bonds. The quantitative estimate of drug-likeness (QED) is 0.644. The minimum Gasteiger partial charge on any atom is -0.350 e. The van der Waals surface area contributed by atoms with Crippen LogP contribution in [-0.4, -0.2) is 11.7 Å². The number of allylic oxidation sites excluding steroid dienone is 1. The first kappa shape index (κ1) is 13.5. The molecule has 90 valence electrons. The summed E-state index contributed by atoms with van der Waals surface area (Å²) in [5.41, 5.74) is 8.49. The van der Waals surface area contributed by atoms with E-state index in [1.807, 2.05) is 6.07 Å². The molecule has 0 saturated heterocycles. The number of hydrogen-bond donors (Lipinski definition) is 2. The highest BCUT2D eigenvalue weighted by Gasteiger charge is 1.96. The third-order valence-electron chi connectivity index (χ3n) is 1.80. The highest BCUT2D eigenvalue weighted by atomic mass is 35.5. The molecule has 0 spiro atoms. The van der Waals surface area contributed by atoms with Crippen LogP contribution in [0.1, 0.15) is 12.5 Å². The Hall–Kier alpha value is -1.52. The van der Waals surface area contributed by atoms with E-state index in [1.165, 1.54) is 0 Å². The molecule has 0 aliphatic rings. The maximum Gasteiger partial charge on any atom is 0.332 e. The van der Waals surface area contributed by atoms with Crippen molar-refractivity contribution in [1.29, 1.82) is 0 Å². The fraction of sp³-hybridized carbons (Fsp3) is 0.0909. The summed E-state index contributed by atoms with van der Waals surface area (Å²) in [7, 11) is 0. The molecule has 4 nitrogen and oxygen atoms in total. The number of nitrogens with two attached hydrogens (primary N) is 1. The lowest BCUT2D eigenvalue weighted by atomic mass is 10.2. The van der Waals surface area contributed by atoms with Crippen LogP contribution in [0.3, 0.4) is 0 Å². The van der Waals surface area contributed by atoms with E-state index in [0.29, 0.717) is 15.8 Å². The van der Waals surface area contributed by atoms with Gasteiger partial charge >= 0.3 is 6.03 Å². The summed E-state index contributed by atoms with van der Waals surface area (Å²) in [5, 5.41) is 4.71. The number of halogens is 2. The van der Waals surface area contributed by atoms with Gasteiger partial charge in [-0.1, -0.05) is 35.3 Å². The largest absolute Gasteiger partial charge is 0.350 e. The fourth-order valence-electron chi connectivity index (χ4n) is 1.01. The van der Waals surface area contributed by atoms with Crippen molar-refractivity contribution in [2.45, 2.75) is 6.92 Å². The molecule has 1 aromatic rings. The lowest BCUT2D eigenvalue weighted by Crippen LogP contribution is -2.25. The fourth-order valence-corrected chi connectivity index (χ4v) is 1.32. The molecule has 0 bridgehead atoms. The molecule has 1 rings (SSSR count). The minimum atomic E-state index is -0.702. The standard InChI is InChI=1S/C11H11Cl2N3O/c1-7(15-16-11(14)17)2-3-8-4-5-9(12)10(13)6-8/h2-6H,1H3,(H3,14,16,17). The van der Waals surface area contributed by atoms with Crippen LogP contribution in [-0.2, 0) is 0 Å². The molecule has 0 radical (unpaired) electrons. The number of urea groups is 1. The van der Waals surface area contributed by atoms with Gasteiger partial charge in [0.05, 0.1) is 15.8 Å². The van der Waals surface area contributed by atoms with Crippen LogP contribution < -0.4 is 11.2 Å². The number of benzene rings is 1. The number of nitrogens with zero attached hydrogens (tertiary/aromatic N) is 1. The van der Waals surface area contributed by atoms with Gasteiger partial charge in [-0.15, -0.1) is 0 Å². The number of nitrogens with one attached hydrogen (secondary N) is 1. The number of carbonyl (C=O) groups is 1. The van der Waals surface area contributed by atoms with E-state index in [0.717, 1.165) is 5.56 Å². The predicted octanol–water partition coefficient (Wildman–Crippen LogP) is 3.05. The molecule has 0 heterocycles. The van der Waals surface area contributed by atoms with Gasteiger partial charge in [-0.3, -0.25) is 0 Å². The van der Waals surface area contributed by atoms with E-state index >= 15 is 0 Å². The Kier molecular flexibility index (Phi) is 5.00. The van der Waals surface area contributed by atoms with E-state index in [4.69, 9.17) is 28.9 Å². The molecule has 0 atom stereocenters. The van der Waals surface area contributed by atoms with Crippen molar-refractivity contribution in [2.24, 2.45) is 10.8 Å². The van der Waals surface area contributed by atoms with Crippen LogP contribution in [0.15, 0.2) is 29.4 Å². The smallest absolute Gasteiger partial charge is 0.332 e. The SMILES string of the molecule is CC(C=Cc1ccc(Cl)c(Cl)c1)=NNC(N)=O. The topological polar surface area (TPSA) is 67.5 Å². The molecule has 3 N–H and O–H groups in total. The molecule has 0 unspecified atom stereocenters. The van der Waals surface area contributed by atoms with Crippen molar-refractivity contribution >= 4 is 41.0 Å². The Bertz CT molecular complexity index is 484. The monoisotopic (exact) mass is 271 g/mol. The zero-order valence-corrected chi connectivity index (χ0v) is 10.6. The average Bonchev–Trinajstić information content (AvgIpc) is 2.28. The van der Waals surface area contributed by atoms with E-state index in [2.05, 4.69) is 10.5 Å². The third kappa shape index (κ3) is 4.89. The zero-order chi connectivity index (χ0) is 12.8. The van der Waals surface area contributed by atoms with Gasteiger partial charge in [0.15, 0.2) is 0 Å². The molecule has 0 aliphatic heterocycles. The van der Waals surface area contributed by atoms with E-state index < -0.39 is 6.03 Å². The van der Waals surface area contributed by atoms with Crippen LogP contribution in [0, 0.1) is 0 Å². The average molecular weight is 272 g/mol. The normalized spacial score (nSPS) is 11.8. The van der Waals surface area contributed by atoms with Gasteiger partial charge in [0.25, 0.3) is 0 Å². The Morgan fingerprint density at radius 1 is 1.41 bits per heavy atom. The van der Waals surface area contributed by atoms with Crippen molar-refractivity contribution < 1.29 is 4.79 Å². The first-order valence-corrected chi connectivity index (χ1v) is 5.47. The molecule has 0 aromatic heterocycles. The molecule has 0 saturated carbocycles. The van der Waals surface area contributed by atoms with Gasteiger partial charge in [-0.2, -0.15) is 5.10 Å².